The maximum atomic E-state index is 12.9. The maximum absolute atomic E-state index is 12.9. The van der Waals surface area contributed by atoms with Crippen LogP contribution in [0.3, 0.4) is 0 Å². The summed E-state index contributed by atoms with van der Waals surface area (Å²) in [5.41, 5.74) is 0. The number of carbonyl (C=O) groups is 3. The second-order valence-electron chi connectivity index (χ2n) is 20.9. The summed E-state index contributed by atoms with van der Waals surface area (Å²) in [4.78, 5) is 38.4. The van der Waals surface area contributed by atoms with Gasteiger partial charge in [-0.15, -0.1) is 0 Å². The van der Waals surface area contributed by atoms with Crippen molar-refractivity contribution in [2.45, 2.75) is 297 Å². The highest BCUT2D eigenvalue weighted by Crippen LogP contribution is 2.15. The van der Waals surface area contributed by atoms with Crippen LogP contribution in [0.4, 0.5) is 0 Å². The molecule has 0 aliphatic rings. The molecule has 0 saturated heterocycles. The van der Waals surface area contributed by atoms with Gasteiger partial charge in [0.15, 0.2) is 6.10 Å². The van der Waals surface area contributed by atoms with Crippen LogP contribution < -0.4 is 0 Å². The summed E-state index contributed by atoms with van der Waals surface area (Å²) in [6, 6.07) is 0. The normalized spacial score (nSPS) is 12.9. The summed E-state index contributed by atoms with van der Waals surface area (Å²) in [6.45, 7) is 6.39. The highest BCUT2D eigenvalue weighted by Gasteiger charge is 2.19. The van der Waals surface area contributed by atoms with Crippen molar-refractivity contribution in [3.8, 4) is 0 Å². The van der Waals surface area contributed by atoms with Crippen LogP contribution in [0.25, 0.3) is 0 Å². The standard InChI is InChI=1S/C71H118O6/c1-4-7-10-13-16-19-22-25-28-31-32-33-34-35-36-37-38-41-43-46-49-52-55-58-61-64-70(73)76-67-68(77-71(74)65-62-59-56-53-50-47-44-40-30-27-24-21-18-15-12-9-6-3)66-75-69(72)63-60-57-54-51-48-45-42-39-29-26-23-20-17-14-11-8-5-2/h7,9-10,12,16-21,25-30,32-33,35-36,68H,4-6,8,11,13-15,22-24,31,34,37-67H2,1-3H3/b10-7-,12-9-,19-16-,20-17-,21-18-,28-25-,29-26-,30-27-,33-32-,36-35-. The highest BCUT2D eigenvalue weighted by atomic mass is 16.6. The molecule has 0 aliphatic heterocycles. The Morgan fingerprint density at radius 2 is 0.506 bits per heavy atom. The van der Waals surface area contributed by atoms with E-state index in [4.69, 9.17) is 14.2 Å². The van der Waals surface area contributed by atoms with E-state index in [9.17, 15) is 14.4 Å². The van der Waals surface area contributed by atoms with Gasteiger partial charge in [-0.3, -0.25) is 14.4 Å². The van der Waals surface area contributed by atoms with Crippen molar-refractivity contribution in [2.75, 3.05) is 13.2 Å². The number of rotatable bonds is 57. The van der Waals surface area contributed by atoms with Crippen molar-refractivity contribution in [3.05, 3.63) is 122 Å². The van der Waals surface area contributed by atoms with Gasteiger partial charge in [0, 0.05) is 19.3 Å². The summed E-state index contributed by atoms with van der Waals surface area (Å²) in [5, 5.41) is 0. The molecule has 0 rings (SSSR count). The predicted molar refractivity (Wildman–Crippen MR) is 334 cm³/mol. The minimum absolute atomic E-state index is 0.0898. The molecule has 6 nitrogen and oxygen atoms in total. The number of carbonyl (C=O) groups excluding carboxylic acids is 3. The van der Waals surface area contributed by atoms with Crippen molar-refractivity contribution in [1.29, 1.82) is 0 Å². The van der Waals surface area contributed by atoms with Gasteiger partial charge in [0.05, 0.1) is 0 Å². The number of ether oxygens (including phenoxy) is 3. The van der Waals surface area contributed by atoms with Gasteiger partial charge in [0.2, 0.25) is 0 Å². The lowest BCUT2D eigenvalue weighted by Crippen LogP contribution is -2.30. The zero-order valence-corrected chi connectivity index (χ0v) is 50.2. The first-order chi connectivity index (χ1) is 38.0. The molecule has 1 atom stereocenters. The predicted octanol–water partition coefficient (Wildman–Crippen LogP) is 22.0. The average molecular weight is 1070 g/mol. The first kappa shape index (κ1) is 72.8. The highest BCUT2D eigenvalue weighted by molar-refractivity contribution is 5.71. The summed E-state index contributed by atoms with van der Waals surface area (Å²) < 4.78 is 16.9. The Kier molecular flexibility index (Phi) is 60.8. The van der Waals surface area contributed by atoms with E-state index < -0.39 is 6.10 Å². The molecule has 438 valence electrons. The quantitative estimate of drug-likeness (QED) is 0.0261. The van der Waals surface area contributed by atoms with Crippen molar-refractivity contribution in [3.63, 3.8) is 0 Å². The van der Waals surface area contributed by atoms with E-state index in [1.54, 1.807) is 0 Å². The van der Waals surface area contributed by atoms with E-state index in [2.05, 4.69) is 142 Å². The van der Waals surface area contributed by atoms with E-state index in [1.807, 2.05) is 0 Å². The van der Waals surface area contributed by atoms with Crippen LogP contribution in [0, 0.1) is 0 Å². The first-order valence-electron chi connectivity index (χ1n) is 32.0. The minimum Gasteiger partial charge on any atom is -0.462 e. The lowest BCUT2D eigenvalue weighted by Gasteiger charge is -2.18. The largest absolute Gasteiger partial charge is 0.462 e. The molecule has 0 radical (unpaired) electrons. The molecule has 77 heavy (non-hydrogen) atoms. The van der Waals surface area contributed by atoms with E-state index in [0.29, 0.717) is 19.3 Å². The molecule has 0 aromatic heterocycles. The molecule has 0 amide bonds. The fourth-order valence-corrected chi connectivity index (χ4v) is 8.69. The third-order valence-electron chi connectivity index (χ3n) is 13.4. The lowest BCUT2D eigenvalue weighted by atomic mass is 10.1. The molecule has 0 spiro atoms. The van der Waals surface area contributed by atoms with Gasteiger partial charge in [-0.1, -0.05) is 264 Å². The third kappa shape index (κ3) is 62.5. The van der Waals surface area contributed by atoms with Crippen molar-refractivity contribution in [1.82, 2.24) is 0 Å². The van der Waals surface area contributed by atoms with Gasteiger partial charge in [-0.25, -0.2) is 0 Å². The monoisotopic (exact) mass is 1070 g/mol. The van der Waals surface area contributed by atoms with Crippen LogP contribution in [0.1, 0.15) is 290 Å². The van der Waals surface area contributed by atoms with Gasteiger partial charge >= 0.3 is 17.9 Å². The van der Waals surface area contributed by atoms with Crippen LogP contribution in [-0.4, -0.2) is 37.2 Å². The van der Waals surface area contributed by atoms with Crippen LogP contribution >= 0.6 is 0 Å². The topological polar surface area (TPSA) is 78.9 Å². The Morgan fingerprint density at radius 3 is 0.792 bits per heavy atom. The fraction of sp³-hybridized carbons (Fsp3) is 0.676. The van der Waals surface area contributed by atoms with E-state index >= 15 is 0 Å². The van der Waals surface area contributed by atoms with E-state index in [0.717, 1.165) is 135 Å². The maximum Gasteiger partial charge on any atom is 0.306 e. The molecular weight excluding hydrogens is 949 g/mol. The van der Waals surface area contributed by atoms with Crippen LogP contribution in [0.5, 0.6) is 0 Å². The number of unbranched alkanes of at least 4 members (excludes halogenated alkanes) is 26. The van der Waals surface area contributed by atoms with Crippen molar-refractivity contribution >= 4 is 17.9 Å². The van der Waals surface area contributed by atoms with Gasteiger partial charge in [0.1, 0.15) is 13.2 Å². The van der Waals surface area contributed by atoms with E-state index in [-0.39, 0.29) is 31.1 Å². The third-order valence-corrected chi connectivity index (χ3v) is 13.4. The summed E-state index contributed by atoms with van der Waals surface area (Å²) in [7, 11) is 0. The molecule has 0 aromatic rings. The van der Waals surface area contributed by atoms with Crippen LogP contribution in [0.2, 0.25) is 0 Å². The lowest BCUT2D eigenvalue weighted by molar-refractivity contribution is -0.167. The molecule has 0 saturated carbocycles. The Labute approximate surface area is 475 Å². The summed E-state index contributed by atoms with van der Waals surface area (Å²) >= 11 is 0. The van der Waals surface area contributed by atoms with Gasteiger partial charge in [-0.2, -0.15) is 0 Å². The second kappa shape index (κ2) is 64.3. The molecular formula is C71H118O6. The fourth-order valence-electron chi connectivity index (χ4n) is 8.69. The van der Waals surface area contributed by atoms with Gasteiger partial charge in [-0.05, 0) is 128 Å². The second-order valence-corrected chi connectivity index (χ2v) is 20.9. The van der Waals surface area contributed by atoms with E-state index in [1.165, 1.54) is 116 Å². The number of esters is 3. The Morgan fingerprint density at radius 1 is 0.273 bits per heavy atom. The smallest absolute Gasteiger partial charge is 0.306 e. The molecule has 6 heteroatoms. The molecule has 0 aliphatic carbocycles. The van der Waals surface area contributed by atoms with Gasteiger partial charge in [0.25, 0.3) is 0 Å². The minimum atomic E-state index is -0.794. The van der Waals surface area contributed by atoms with Gasteiger partial charge < -0.3 is 14.2 Å². The molecule has 0 fully saturated rings. The Hall–Kier alpha value is -4.19. The zero-order valence-electron chi connectivity index (χ0n) is 50.2. The number of allylic oxidation sites excluding steroid dienone is 20. The molecule has 0 N–H and O–H groups in total. The zero-order chi connectivity index (χ0) is 55.7. The Balaban J connectivity index is 4.40. The van der Waals surface area contributed by atoms with Crippen molar-refractivity contribution < 1.29 is 28.6 Å². The van der Waals surface area contributed by atoms with Crippen molar-refractivity contribution in [2.24, 2.45) is 0 Å². The summed E-state index contributed by atoms with van der Waals surface area (Å²) in [5.74, 6) is -0.908. The first-order valence-corrected chi connectivity index (χ1v) is 32.0. The average Bonchev–Trinajstić information content (AvgIpc) is 3.43. The number of hydrogen-bond donors (Lipinski definition) is 0. The molecule has 0 bridgehead atoms. The summed E-state index contributed by atoms with van der Waals surface area (Å²) in [6.07, 6.45) is 89.1. The number of hydrogen-bond acceptors (Lipinski definition) is 6. The van der Waals surface area contributed by atoms with Crippen LogP contribution in [0.15, 0.2) is 122 Å². The Bertz CT molecular complexity index is 1600. The molecule has 1 unspecified atom stereocenters. The SMILES string of the molecule is CC/C=C\C/C=C\C/C=C\C/C=C\C/C=C\CCCCCCCCCCCC(=O)OCC(COC(=O)CCCCCCCCC/C=C\C/C=C\CCCCC)OC(=O)CCCCCCCCC/C=C\C/C=C\C/C=C\CC. The molecule has 0 heterocycles. The molecule has 0 aromatic carbocycles. The van der Waals surface area contributed by atoms with Crippen LogP contribution in [-0.2, 0) is 28.6 Å².